The minimum Gasteiger partial charge on any atom is -0.379 e. The van der Waals surface area contributed by atoms with Gasteiger partial charge >= 0.3 is 0 Å². The lowest BCUT2D eigenvalue weighted by Crippen LogP contribution is -2.52. The van der Waals surface area contributed by atoms with E-state index in [1.165, 1.54) is 0 Å². The molecular formula is C10H18N2O2. The SMILES string of the molecule is CC1(NC(=O)[C@@H]2CCCN2)CCOC1. The van der Waals surface area contributed by atoms with Crippen LogP contribution in [-0.2, 0) is 9.53 Å². The summed E-state index contributed by atoms with van der Waals surface area (Å²) in [5.74, 6) is 0.135. The van der Waals surface area contributed by atoms with Gasteiger partial charge in [0.1, 0.15) is 0 Å². The first-order chi connectivity index (χ1) is 6.70. The van der Waals surface area contributed by atoms with Gasteiger partial charge in [-0.1, -0.05) is 0 Å². The molecule has 2 aliphatic rings. The summed E-state index contributed by atoms with van der Waals surface area (Å²) in [6.07, 6.45) is 2.99. The predicted octanol–water partition coefficient (Wildman–Crippen LogP) is 0.0336. The minimum atomic E-state index is -0.138. The summed E-state index contributed by atoms with van der Waals surface area (Å²) in [4.78, 5) is 11.8. The number of carbonyl (C=O) groups excluding carboxylic acids is 1. The average Bonchev–Trinajstić information content (AvgIpc) is 2.74. The lowest BCUT2D eigenvalue weighted by molar-refractivity contribution is -0.124. The molecule has 2 aliphatic heterocycles. The van der Waals surface area contributed by atoms with Crippen molar-refractivity contribution in [2.24, 2.45) is 0 Å². The smallest absolute Gasteiger partial charge is 0.237 e. The Bertz CT molecular complexity index is 218. The fraction of sp³-hybridized carbons (Fsp3) is 0.900. The van der Waals surface area contributed by atoms with E-state index in [1.54, 1.807) is 0 Å². The zero-order valence-corrected chi connectivity index (χ0v) is 8.64. The molecule has 0 bridgehead atoms. The molecule has 0 saturated carbocycles. The number of rotatable bonds is 2. The van der Waals surface area contributed by atoms with Crippen LogP contribution in [0.1, 0.15) is 26.2 Å². The van der Waals surface area contributed by atoms with Crippen molar-refractivity contribution in [3.8, 4) is 0 Å². The third-order valence-electron chi connectivity index (χ3n) is 3.02. The summed E-state index contributed by atoms with van der Waals surface area (Å²) in [6.45, 7) is 4.42. The maximum atomic E-state index is 11.8. The Morgan fingerprint density at radius 3 is 3.07 bits per heavy atom. The molecule has 2 rings (SSSR count). The van der Waals surface area contributed by atoms with Crippen LogP contribution in [0.3, 0.4) is 0 Å². The topological polar surface area (TPSA) is 50.4 Å². The highest BCUT2D eigenvalue weighted by molar-refractivity contribution is 5.82. The second-order valence-corrected chi connectivity index (χ2v) is 4.50. The molecule has 2 atom stereocenters. The van der Waals surface area contributed by atoms with Crippen LogP contribution in [0, 0.1) is 0 Å². The highest BCUT2D eigenvalue weighted by Crippen LogP contribution is 2.18. The Kier molecular flexibility index (Phi) is 2.74. The zero-order valence-electron chi connectivity index (χ0n) is 8.64. The molecule has 4 heteroatoms. The van der Waals surface area contributed by atoms with Gasteiger partial charge in [0.2, 0.25) is 5.91 Å². The van der Waals surface area contributed by atoms with Gasteiger partial charge in [0, 0.05) is 6.61 Å². The van der Waals surface area contributed by atoms with E-state index >= 15 is 0 Å². The molecule has 80 valence electrons. The van der Waals surface area contributed by atoms with Gasteiger partial charge in [-0.25, -0.2) is 0 Å². The molecule has 2 heterocycles. The van der Waals surface area contributed by atoms with E-state index in [0.29, 0.717) is 6.61 Å². The van der Waals surface area contributed by atoms with Crippen LogP contribution >= 0.6 is 0 Å². The Balaban J connectivity index is 1.86. The van der Waals surface area contributed by atoms with E-state index in [9.17, 15) is 4.79 Å². The van der Waals surface area contributed by atoms with E-state index in [2.05, 4.69) is 10.6 Å². The quantitative estimate of drug-likeness (QED) is 0.658. The molecule has 4 nitrogen and oxygen atoms in total. The first kappa shape index (κ1) is 9.93. The molecule has 0 aromatic rings. The molecule has 0 spiro atoms. The highest BCUT2D eigenvalue weighted by atomic mass is 16.5. The third kappa shape index (κ3) is 2.07. The van der Waals surface area contributed by atoms with Crippen LogP contribution in [0.15, 0.2) is 0 Å². The number of hydrogen-bond acceptors (Lipinski definition) is 3. The minimum absolute atomic E-state index is 0.0208. The summed E-state index contributed by atoms with van der Waals surface area (Å²) < 4.78 is 5.29. The highest BCUT2D eigenvalue weighted by Gasteiger charge is 2.33. The molecule has 0 aromatic heterocycles. The largest absolute Gasteiger partial charge is 0.379 e. The van der Waals surface area contributed by atoms with Crippen LogP contribution in [0.4, 0.5) is 0 Å². The number of nitrogens with one attached hydrogen (secondary N) is 2. The first-order valence-electron chi connectivity index (χ1n) is 5.33. The van der Waals surface area contributed by atoms with Crippen molar-refractivity contribution in [3.63, 3.8) is 0 Å². The van der Waals surface area contributed by atoms with Gasteiger partial charge in [0.05, 0.1) is 18.2 Å². The van der Waals surface area contributed by atoms with Gasteiger partial charge in [-0.05, 0) is 32.7 Å². The van der Waals surface area contributed by atoms with Crippen molar-refractivity contribution in [3.05, 3.63) is 0 Å². The summed E-state index contributed by atoms with van der Waals surface area (Å²) in [5, 5.41) is 6.27. The van der Waals surface area contributed by atoms with Crippen LogP contribution in [0.25, 0.3) is 0 Å². The Labute approximate surface area is 84.4 Å². The van der Waals surface area contributed by atoms with Gasteiger partial charge in [-0.2, -0.15) is 0 Å². The molecule has 2 N–H and O–H groups in total. The molecule has 1 unspecified atom stereocenters. The van der Waals surface area contributed by atoms with Gasteiger partial charge in [-0.15, -0.1) is 0 Å². The molecule has 14 heavy (non-hydrogen) atoms. The first-order valence-corrected chi connectivity index (χ1v) is 5.33. The number of ether oxygens (including phenoxy) is 1. The van der Waals surface area contributed by atoms with Gasteiger partial charge < -0.3 is 15.4 Å². The van der Waals surface area contributed by atoms with E-state index in [-0.39, 0.29) is 17.5 Å². The monoisotopic (exact) mass is 198 g/mol. The van der Waals surface area contributed by atoms with Crippen LogP contribution in [0.2, 0.25) is 0 Å². The third-order valence-corrected chi connectivity index (χ3v) is 3.02. The molecular weight excluding hydrogens is 180 g/mol. The second kappa shape index (κ2) is 3.87. The summed E-state index contributed by atoms with van der Waals surface area (Å²) >= 11 is 0. The van der Waals surface area contributed by atoms with Crippen molar-refractivity contribution < 1.29 is 9.53 Å². The fourth-order valence-electron chi connectivity index (χ4n) is 2.06. The van der Waals surface area contributed by atoms with Gasteiger partial charge in [0.25, 0.3) is 0 Å². The van der Waals surface area contributed by atoms with Crippen molar-refractivity contribution in [2.45, 2.75) is 37.8 Å². The van der Waals surface area contributed by atoms with Crippen LogP contribution in [0.5, 0.6) is 0 Å². The summed E-state index contributed by atoms with van der Waals surface area (Å²) in [7, 11) is 0. The van der Waals surface area contributed by atoms with Crippen molar-refractivity contribution >= 4 is 5.91 Å². The second-order valence-electron chi connectivity index (χ2n) is 4.50. The summed E-state index contributed by atoms with van der Waals surface area (Å²) in [6, 6.07) is 0.0208. The molecule has 1 amide bonds. The van der Waals surface area contributed by atoms with Gasteiger partial charge in [0.15, 0.2) is 0 Å². The lowest BCUT2D eigenvalue weighted by Gasteiger charge is -2.25. The zero-order chi connectivity index (χ0) is 10.0. The molecule has 0 aromatic carbocycles. The molecule has 2 saturated heterocycles. The predicted molar refractivity (Wildman–Crippen MR) is 53.0 cm³/mol. The van der Waals surface area contributed by atoms with Crippen LogP contribution < -0.4 is 10.6 Å². The number of hydrogen-bond donors (Lipinski definition) is 2. The average molecular weight is 198 g/mol. The van der Waals surface area contributed by atoms with Crippen molar-refractivity contribution in [1.82, 2.24) is 10.6 Å². The molecule has 2 fully saturated rings. The Hall–Kier alpha value is -0.610. The normalized spacial score (nSPS) is 37.4. The van der Waals surface area contributed by atoms with E-state index in [4.69, 9.17) is 4.74 Å². The maximum absolute atomic E-state index is 11.8. The number of carbonyl (C=O) groups is 1. The van der Waals surface area contributed by atoms with E-state index in [0.717, 1.165) is 32.4 Å². The molecule has 0 radical (unpaired) electrons. The maximum Gasteiger partial charge on any atom is 0.237 e. The van der Waals surface area contributed by atoms with E-state index in [1.807, 2.05) is 6.92 Å². The lowest BCUT2D eigenvalue weighted by atomic mass is 10.0. The van der Waals surface area contributed by atoms with Crippen molar-refractivity contribution in [2.75, 3.05) is 19.8 Å². The Morgan fingerprint density at radius 1 is 1.64 bits per heavy atom. The van der Waals surface area contributed by atoms with E-state index < -0.39 is 0 Å². The van der Waals surface area contributed by atoms with Gasteiger partial charge in [-0.3, -0.25) is 4.79 Å². The standard InChI is InChI=1S/C10H18N2O2/c1-10(4-6-14-7-10)12-9(13)8-3-2-5-11-8/h8,11H,2-7H2,1H3,(H,12,13)/t8-,10?/m0/s1. The van der Waals surface area contributed by atoms with Crippen LogP contribution in [-0.4, -0.2) is 37.2 Å². The summed E-state index contributed by atoms with van der Waals surface area (Å²) in [5.41, 5.74) is -0.138. The number of amides is 1. The Morgan fingerprint density at radius 2 is 2.50 bits per heavy atom. The molecule has 0 aliphatic carbocycles. The van der Waals surface area contributed by atoms with Crippen molar-refractivity contribution in [1.29, 1.82) is 0 Å². The fourth-order valence-corrected chi connectivity index (χ4v) is 2.06.